The standard InChI is InChI=1S/C16H22N4/c1-13(2)20(11-14-7-4-3-5-8-14)12-15-9-6-10-18-16(15)19-17/h3-10,13H,11-12,17H2,1-2H3,(H,18,19). The molecule has 106 valence electrons. The maximum absolute atomic E-state index is 5.52. The maximum Gasteiger partial charge on any atom is 0.144 e. The SMILES string of the molecule is CC(C)N(Cc1ccccc1)Cc1cccnc1NN. The number of benzene rings is 1. The molecule has 20 heavy (non-hydrogen) atoms. The second-order valence-electron chi connectivity index (χ2n) is 5.14. The van der Waals surface area contributed by atoms with Crippen molar-refractivity contribution in [2.75, 3.05) is 5.43 Å². The third-order valence-electron chi connectivity index (χ3n) is 3.36. The van der Waals surface area contributed by atoms with Gasteiger partial charge in [-0.2, -0.15) is 0 Å². The number of nitrogens with one attached hydrogen (secondary N) is 1. The molecule has 0 fully saturated rings. The van der Waals surface area contributed by atoms with Gasteiger partial charge in [-0.1, -0.05) is 36.4 Å². The van der Waals surface area contributed by atoms with E-state index >= 15 is 0 Å². The van der Waals surface area contributed by atoms with E-state index < -0.39 is 0 Å². The molecule has 0 atom stereocenters. The third kappa shape index (κ3) is 3.79. The number of nitrogens with zero attached hydrogens (tertiary/aromatic N) is 2. The number of hydrazine groups is 1. The second kappa shape index (κ2) is 7.03. The summed E-state index contributed by atoms with van der Waals surface area (Å²) in [6, 6.07) is 14.9. The van der Waals surface area contributed by atoms with Crippen molar-refractivity contribution >= 4 is 5.82 Å². The summed E-state index contributed by atoms with van der Waals surface area (Å²) in [7, 11) is 0. The molecule has 4 heteroatoms. The number of hydrogen-bond acceptors (Lipinski definition) is 4. The van der Waals surface area contributed by atoms with Crippen molar-refractivity contribution < 1.29 is 0 Å². The van der Waals surface area contributed by atoms with Crippen LogP contribution >= 0.6 is 0 Å². The van der Waals surface area contributed by atoms with Crippen molar-refractivity contribution in [3.8, 4) is 0 Å². The first-order valence-electron chi connectivity index (χ1n) is 6.89. The second-order valence-corrected chi connectivity index (χ2v) is 5.14. The van der Waals surface area contributed by atoms with Crippen LogP contribution in [0.15, 0.2) is 48.7 Å². The molecule has 0 aliphatic rings. The number of rotatable bonds is 6. The lowest BCUT2D eigenvalue weighted by Gasteiger charge is -2.27. The molecule has 1 heterocycles. The van der Waals surface area contributed by atoms with E-state index in [1.165, 1.54) is 5.56 Å². The Hall–Kier alpha value is -1.91. The summed E-state index contributed by atoms with van der Waals surface area (Å²) in [6.45, 7) is 6.14. The molecular formula is C16H22N4. The highest BCUT2D eigenvalue weighted by Gasteiger charge is 2.13. The van der Waals surface area contributed by atoms with E-state index in [1.807, 2.05) is 12.1 Å². The van der Waals surface area contributed by atoms with E-state index in [9.17, 15) is 0 Å². The van der Waals surface area contributed by atoms with Gasteiger partial charge < -0.3 is 5.43 Å². The molecule has 0 radical (unpaired) electrons. The van der Waals surface area contributed by atoms with Crippen molar-refractivity contribution in [1.29, 1.82) is 0 Å². The largest absolute Gasteiger partial charge is 0.308 e. The predicted molar refractivity (Wildman–Crippen MR) is 82.9 cm³/mol. The van der Waals surface area contributed by atoms with Crippen LogP contribution in [0.1, 0.15) is 25.0 Å². The Morgan fingerprint density at radius 2 is 1.85 bits per heavy atom. The summed E-state index contributed by atoms with van der Waals surface area (Å²) in [4.78, 5) is 6.65. The summed E-state index contributed by atoms with van der Waals surface area (Å²) >= 11 is 0. The fourth-order valence-corrected chi connectivity index (χ4v) is 2.15. The topological polar surface area (TPSA) is 54.2 Å². The van der Waals surface area contributed by atoms with Crippen molar-refractivity contribution in [1.82, 2.24) is 9.88 Å². The van der Waals surface area contributed by atoms with Gasteiger partial charge in [-0.25, -0.2) is 10.8 Å². The molecule has 0 bridgehead atoms. The van der Waals surface area contributed by atoms with Crippen LogP contribution < -0.4 is 11.3 Å². The van der Waals surface area contributed by atoms with E-state index in [0.717, 1.165) is 24.5 Å². The summed E-state index contributed by atoms with van der Waals surface area (Å²) in [5.41, 5.74) is 5.09. The van der Waals surface area contributed by atoms with E-state index in [4.69, 9.17) is 5.84 Å². The fraction of sp³-hybridized carbons (Fsp3) is 0.312. The highest BCUT2D eigenvalue weighted by molar-refractivity contribution is 5.42. The minimum atomic E-state index is 0.445. The lowest BCUT2D eigenvalue weighted by atomic mass is 10.1. The van der Waals surface area contributed by atoms with Gasteiger partial charge in [0.05, 0.1) is 0 Å². The Labute approximate surface area is 120 Å². The lowest BCUT2D eigenvalue weighted by Crippen LogP contribution is -2.30. The highest BCUT2D eigenvalue weighted by atomic mass is 15.3. The smallest absolute Gasteiger partial charge is 0.144 e. The maximum atomic E-state index is 5.52. The van der Waals surface area contributed by atoms with Crippen LogP contribution in [-0.4, -0.2) is 15.9 Å². The molecule has 0 saturated heterocycles. The van der Waals surface area contributed by atoms with Gasteiger partial charge in [-0.3, -0.25) is 4.90 Å². The summed E-state index contributed by atoms with van der Waals surface area (Å²) in [6.07, 6.45) is 1.75. The number of nitrogen functional groups attached to an aromatic ring is 1. The first-order valence-corrected chi connectivity index (χ1v) is 6.89. The third-order valence-corrected chi connectivity index (χ3v) is 3.36. The molecule has 4 nitrogen and oxygen atoms in total. The molecule has 0 saturated carbocycles. The minimum Gasteiger partial charge on any atom is -0.308 e. The van der Waals surface area contributed by atoms with Crippen molar-refractivity contribution in [3.63, 3.8) is 0 Å². The Kier molecular flexibility index (Phi) is 5.09. The predicted octanol–water partition coefficient (Wildman–Crippen LogP) is 2.78. The molecule has 3 N–H and O–H groups in total. The van der Waals surface area contributed by atoms with Gasteiger partial charge in [0.25, 0.3) is 0 Å². The first kappa shape index (κ1) is 14.5. The van der Waals surface area contributed by atoms with Crippen LogP contribution in [0.4, 0.5) is 5.82 Å². The molecule has 2 aromatic rings. The lowest BCUT2D eigenvalue weighted by molar-refractivity contribution is 0.204. The van der Waals surface area contributed by atoms with Gasteiger partial charge >= 0.3 is 0 Å². The Morgan fingerprint density at radius 3 is 2.50 bits per heavy atom. The Bertz CT molecular complexity index is 525. The molecule has 0 amide bonds. The van der Waals surface area contributed by atoms with Gasteiger partial charge in [0, 0.05) is 30.9 Å². The molecular weight excluding hydrogens is 248 g/mol. The molecule has 0 unspecified atom stereocenters. The molecule has 0 spiro atoms. The number of hydrogen-bond donors (Lipinski definition) is 2. The molecule has 0 aliphatic heterocycles. The van der Waals surface area contributed by atoms with Gasteiger partial charge in [0.1, 0.15) is 5.82 Å². The van der Waals surface area contributed by atoms with Crippen molar-refractivity contribution in [2.45, 2.75) is 33.0 Å². The number of aromatic nitrogens is 1. The van der Waals surface area contributed by atoms with Crippen molar-refractivity contribution in [3.05, 3.63) is 59.8 Å². The summed E-state index contributed by atoms with van der Waals surface area (Å²) in [5.74, 6) is 6.27. The van der Waals surface area contributed by atoms with Crippen molar-refractivity contribution in [2.24, 2.45) is 5.84 Å². The fourth-order valence-electron chi connectivity index (χ4n) is 2.15. The Morgan fingerprint density at radius 1 is 1.10 bits per heavy atom. The van der Waals surface area contributed by atoms with Crippen LogP contribution in [0.2, 0.25) is 0 Å². The minimum absolute atomic E-state index is 0.445. The van der Waals surface area contributed by atoms with E-state index in [-0.39, 0.29) is 0 Å². The van der Waals surface area contributed by atoms with Crippen LogP contribution in [0, 0.1) is 0 Å². The van der Waals surface area contributed by atoms with Crippen LogP contribution in [0.5, 0.6) is 0 Å². The molecule has 2 rings (SSSR count). The van der Waals surface area contributed by atoms with Crippen LogP contribution in [0.3, 0.4) is 0 Å². The number of anilines is 1. The van der Waals surface area contributed by atoms with Gasteiger partial charge in [0.2, 0.25) is 0 Å². The monoisotopic (exact) mass is 270 g/mol. The van der Waals surface area contributed by atoms with Gasteiger partial charge in [-0.05, 0) is 25.5 Å². The highest BCUT2D eigenvalue weighted by Crippen LogP contribution is 2.17. The zero-order chi connectivity index (χ0) is 14.4. The van der Waals surface area contributed by atoms with Gasteiger partial charge in [0.15, 0.2) is 0 Å². The first-order chi connectivity index (χ1) is 9.70. The summed E-state index contributed by atoms with van der Waals surface area (Å²) in [5, 5.41) is 0. The average Bonchev–Trinajstić information content (AvgIpc) is 2.48. The normalized spacial score (nSPS) is 11.1. The number of pyridine rings is 1. The van der Waals surface area contributed by atoms with E-state index in [1.54, 1.807) is 6.20 Å². The zero-order valence-corrected chi connectivity index (χ0v) is 12.1. The zero-order valence-electron chi connectivity index (χ0n) is 12.1. The molecule has 1 aromatic heterocycles. The van der Waals surface area contributed by atoms with Crippen LogP contribution in [-0.2, 0) is 13.1 Å². The van der Waals surface area contributed by atoms with E-state index in [0.29, 0.717) is 6.04 Å². The Balaban J connectivity index is 2.13. The van der Waals surface area contributed by atoms with Gasteiger partial charge in [-0.15, -0.1) is 0 Å². The van der Waals surface area contributed by atoms with E-state index in [2.05, 4.69) is 59.5 Å². The quantitative estimate of drug-likeness (QED) is 0.626. The number of nitrogens with two attached hydrogens (primary N) is 1. The summed E-state index contributed by atoms with van der Waals surface area (Å²) < 4.78 is 0. The van der Waals surface area contributed by atoms with Crippen LogP contribution in [0.25, 0.3) is 0 Å². The molecule has 1 aromatic carbocycles. The molecule has 0 aliphatic carbocycles. The average molecular weight is 270 g/mol.